The number of rotatable bonds is 5. The van der Waals surface area contributed by atoms with Crippen LogP contribution in [-0.4, -0.2) is 31.4 Å². The average Bonchev–Trinajstić information content (AvgIpc) is 3.03. The molecule has 1 aromatic carbocycles. The third kappa shape index (κ3) is 4.18. The maximum absolute atomic E-state index is 13.5. The van der Waals surface area contributed by atoms with Gasteiger partial charge in [-0.3, -0.25) is 4.79 Å². The Balaban J connectivity index is 1.64. The van der Waals surface area contributed by atoms with Gasteiger partial charge in [0.15, 0.2) is 5.82 Å². The summed E-state index contributed by atoms with van der Waals surface area (Å²) >= 11 is 1.15. The summed E-state index contributed by atoms with van der Waals surface area (Å²) in [6, 6.07) is 6.42. The highest BCUT2D eigenvalue weighted by Gasteiger charge is 2.10. The van der Waals surface area contributed by atoms with Crippen molar-refractivity contribution in [2.24, 2.45) is 0 Å². The molecule has 1 amide bonds. The van der Waals surface area contributed by atoms with E-state index in [0.717, 1.165) is 35.7 Å². The van der Waals surface area contributed by atoms with Crippen LogP contribution in [0.25, 0.3) is 5.82 Å². The largest absolute Gasteiger partial charge is 0.323 e. The number of amides is 1. The zero-order valence-electron chi connectivity index (χ0n) is 13.1. The first-order valence-corrected chi connectivity index (χ1v) is 8.22. The number of nitrogens with zero attached hydrogens (tertiary/aromatic N) is 4. The monoisotopic (exact) mass is 361 g/mol. The summed E-state index contributed by atoms with van der Waals surface area (Å²) in [5.74, 6) is -1.22. The van der Waals surface area contributed by atoms with Crippen LogP contribution in [0.4, 0.5) is 14.5 Å². The van der Waals surface area contributed by atoms with Crippen LogP contribution in [-0.2, 0) is 4.79 Å². The van der Waals surface area contributed by atoms with Crippen molar-refractivity contribution < 1.29 is 13.6 Å². The summed E-state index contributed by atoms with van der Waals surface area (Å²) in [6.07, 6.45) is 3.04. The lowest BCUT2D eigenvalue weighted by Crippen LogP contribution is -2.15. The van der Waals surface area contributed by atoms with E-state index in [1.807, 2.05) is 13.0 Å². The van der Waals surface area contributed by atoms with Crippen LogP contribution < -0.4 is 5.32 Å². The Kier molecular flexibility index (Phi) is 5.03. The van der Waals surface area contributed by atoms with Crippen LogP contribution in [0.15, 0.2) is 47.9 Å². The van der Waals surface area contributed by atoms with E-state index in [1.54, 1.807) is 16.9 Å². The number of hydrogen-bond donors (Lipinski definition) is 1. The van der Waals surface area contributed by atoms with Crippen molar-refractivity contribution in [3.05, 3.63) is 60.2 Å². The van der Waals surface area contributed by atoms with Gasteiger partial charge in [0.05, 0.1) is 11.4 Å². The van der Waals surface area contributed by atoms with Gasteiger partial charge in [-0.1, -0.05) is 11.8 Å². The molecule has 128 valence electrons. The zero-order chi connectivity index (χ0) is 17.8. The van der Waals surface area contributed by atoms with Crippen molar-refractivity contribution in [2.75, 3.05) is 11.1 Å². The van der Waals surface area contributed by atoms with E-state index in [1.165, 1.54) is 6.33 Å². The Hall–Kier alpha value is -2.81. The number of carbonyl (C=O) groups is 1. The highest BCUT2D eigenvalue weighted by atomic mass is 32.2. The number of nitrogens with one attached hydrogen (secondary N) is 1. The minimum Gasteiger partial charge on any atom is -0.323 e. The molecule has 6 nitrogen and oxygen atoms in total. The smallest absolute Gasteiger partial charge is 0.234 e. The quantitative estimate of drug-likeness (QED) is 0.559. The summed E-state index contributed by atoms with van der Waals surface area (Å²) in [5.41, 5.74) is 0.718. The molecule has 3 aromatic rings. The molecule has 0 fully saturated rings. The normalized spacial score (nSPS) is 10.7. The second kappa shape index (κ2) is 7.39. The van der Waals surface area contributed by atoms with Crippen molar-refractivity contribution >= 4 is 23.4 Å². The number of anilines is 1. The molecule has 0 atom stereocenters. The predicted molar refractivity (Wildman–Crippen MR) is 89.6 cm³/mol. The zero-order valence-corrected chi connectivity index (χ0v) is 13.9. The summed E-state index contributed by atoms with van der Waals surface area (Å²) < 4.78 is 28.3. The molecule has 0 aliphatic rings. The lowest BCUT2D eigenvalue weighted by atomic mass is 10.3. The first kappa shape index (κ1) is 17.0. The highest BCUT2D eigenvalue weighted by molar-refractivity contribution is 7.99. The topological polar surface area (TPSA) is 72.7 Å². The van der Waals surface area contributed by atoms with Crippen molar-refractivity contribution in [3.63, 3.8) is 0 Å². The van der Waals surface area contributed by atoms with Gasteiger partial charge in [0.1, 0.15) is 23.0 Å². The van der Waals surface area contributed by atoms with Gasteiger partial charge >= 0.3 is 0 Å². The van der Waals surface area contributed by atoms with E-state index in [0.29, 0.717) is 10.8 Å². The van der Waals surface area contributed by atoms with Gasteiger partial charge in [-0.2, -0.15) is 5.10 Å². The van der Waals surface area contributed by atoms with E-state index in [-0.39, 0.29) is 11.4 Å². The molecule has 25 heavy (non-hydrogen) atoms. The number of aryl methyl sites for hydroxylation is 1. The number of halogens is 2. The Labute approximate surface area is 146 Å². The molecule has 3 rings (SSSR count). The molecule has 1 N–H and O–H groups in total. The molecule has 2 heterocycles. The van der Waals surface area contributed by atoms with Crippen LogP contribution in [0, 0.1) is 18.6 Å². The van der Waals surface area contributed by atoms with Gasteiger partial charge in [-0.25, -0.2) is 23.4 Å². The third-order valence-electron chi connectivity index (χ3n) is 3.23. The lowest BCUT2D eigenvalue weighted by molar-refractivity contribution is -0.113. The van der Waals surface area contributed by atoms with E-state index < -0.39 is 17.5 Å². The van der Waals surface area contributed by atoms with Crippen LogP contribution in [0.5, 0.6) is 0 Å². The van der Waals surface area contributed by atoms with Gasteiger partial charge in [0.25, 0.3) is 0 Å². The first-order valence-electron chi connectivity index (χ1n) is 7.23. The van der Waals surface area contributed by atoms with E-state index in [4.69, 9.17) is 0 Å². The standard InChI is InChI=1S/C16H13F2N5OS/c1-10-4-5-21-23(10)14-7-16(20-9-19-14)25-8-15(24)22-13-6-11(17)2-3-12(13)18/h2-7,9H,8H2,1H3,(H,22,24). The Bertz CT molecular complexity index is 915. The molecule has 0 saturated carbocycles. The molecular formula is C16H13F2N5OS. The van der Waals surface area contributed by atoms with Crippen molar-refractivity contribution in [3.8, 4) is 5.82 Å². The van der Waals surface area contributed by atoms with Gasteiger partial charge in [-0.15, -0.1) is 0 Å². The molecule has 0 spiro atoms. The molecule has 2 aromatic heterocycles. The Morgan fingerprint density at radius 3 is 2.84 bits per heavy atom. The summed E-state index contributed by atoms with van der Waals surface area (Å²) in [4.78, 5) is 20.2. The molecule has 0 bridgehead atoms. The SMILES string of the molecule is Cc1ccnn1-c1cc(SCC(=O)Nc2cc(F)ccc2F)ncn1. The van der Waals surface area contributed by atoms with Crippen LogP contribution in [0.2, 0.25) is 0 Å². The number of carbonyl (C=O) groups excluding carboxylic acids is 1. The number of benzene rings is 1. The predicted octanol–water partition coefficient (Wildman–Crippen LogP) is 2.98. The van der Waals surface area contributed by atoms with Gasteiger partial charge < -0.3 is 5.32 Å². The molecule has 0 aliphatic heterocycles. The summed E-state index contributed by atoms with van der Waals surface area (Å²) in [5, 5.41) is 7.06. The lowest BCUT2D eigenvalue weighted by Gasteiger charge is -2.07. The number of hydrogen-bond acceptors (Lipinski definition) is 5. The maximum Gasteiger partial charge on any atom is 0.234 e. The van der Waals surface area contributed by atoms with Crippen LogP contribution in [0.1, 0.15) is 5.69 Å². The third-order valence-corrected chi connectivity index (χ3v) is 4.16. The number of aromatic nitrogens is 4. The molecule has 0 saturated heterocycles. The molecule has 9 heteroatoms. The molecule has 0 unspecified atom stereocenters. The van der Waals surface area contributed by atoms with Crippen LogP contribution in [0.3, 0.4) is 0 Å². The average molecular weight is 361 g/mol. The fourth-order valence-electron chi connectivity index (χ4n) is 2.05. The van der Waals surface area contributed by atoms with Gasteiger partial charge in [-0.05, 0) is 25.1 Å². The minimum absolute atomic E-state index is 0.00943. The van der Waals surface area contributed by atoms with Gasteiger partial charge in [0.2, 0.25) is 5.91 Å². The summed E-state index contributed by atoms with van der Waals surface area (Å²) in [6.45, 7) is 1.89. The maximum atomic E-state index is 13.5. The highest BCUT2D eigenvalue weighted by Crippen LogP contribution is 2.19. The molecular weight excluding hydrogens is 348 g/mol. The van der Waals surface area contributed by atoms with E-state index >= 15 is 0 Å². The first-order chi connectivity index (χ1) is 12.0. The Morgan fingerprint density at radius 2 is 2.08 bits per heavy atom. The van der Waals surface area contributed by atoms with Crippen molar-refractivity contribution in [2.45, 2.75) is 11.9 Å². The summed E-state index contributed by atoms with van der Waals surface area (Å²) in [7, 11) is 0. The second-order valence-corrected chi connectivity index (χ2v) is 6.06. The van der Waals surface area contributed by atoms with Crippen molar-refractivity contribution in [1.82, 2.24) is 19.7 Å². The van der Waals surface area contributed by atoms with Gasteiger partial charge in [0, 0.05) is 24.0 Å². The number of thioether (sulfide) groups is 1. The fraction of sp³-hybridized carbons (Fsp3) is 0.125. The second-order valence-electron chi connectivity index (χ2n) is 5.06. The molecule has 0 radical (unpaired) electrons. The van der Waals surface area contributed by atoms with Crippen molar-refractivity contribution in [1.29, 1.82) is 0 Å². The van der Waals surface area contributed by atoms with E-state index in [9.17, 15) is 13.6 Å². The fourth-order valence-corrected chi connectivity index (χ4v) is 2.71. The molecule has 0 aliphatic carbocycles. The van der Waals surface area contributed by atoms with E-state index in [2.05, 4.69) is 20.4 Å². The van der Waals surface area contributed by atoms with Crippen LogP contribution >= 0.6 is 11.8 Å². The minimum atomic E-state index is -0.696. The Morgan fingerprint density at radius 1 is 1.24 bits per heavy atom.